The van der Waals surface area contributed by atoms with Crippen molar-refractivity contribution in [2.45, 2.75) is 37.4 Å². The first-order chi connectivity index (χ1) is 5.54. The van der Waals surface area contributed by atoms with E-state index in [4.69, 9.17) is 14.9 Å². The maximum absolute atomic E-state index is 9.27. The zero-order valence-corrected chi connectivity index (χ0v) is 6.79. The minimum atomic E-state index is -1.16. The van der Waals surface area contributed by atoms with Gasteiger partial charge in [-0.25, -0.2) is 0 Å². The Balaban J connectivity index is 2.53. The Morgan fingerprint density at radius 2 is 1.92 bits per heavy atom. The molecule has 1 heterocycles. The van der Waals surface area contributed by atoms with Gasteiger partial charge in [-0.15, -0.1) is 0 Å². The largest absolute Gasteiger partial charge is 0.391 e. The predicted octanol–water partition coefficient (Wildman–Crippen LogP) is -2.15. The summed E-state index contributed by atoms with van der Waals surface area (Å²) >= 11 is 0. The number of ether oxygens (including phenoxy) is 1. The average Bonchev–Trinajstić information content (AvgIpc) is 2.32. The summed E-state index contributed by atoms with van der Waals surface area (Å²) in [5.74, 6) is 0. The molecule has 0 aromatic carbocycles. The van der Waals surface area contributed by atoms with Gasteiger partial charge in [0.2, 0.25) is 0 Å². The van der Waals surface area contributed by atoms with Crippen LogP contribution >= 0.6 is 0 Å². The standard InChI is InChI=1S/C7H14O5/c1-3(8)5(10)7-6(11)4(9)2-12-7/h3-11H,2H2,1H3. The van der Waals surface area contributed by atoms with E-state index >= 15 is 0 Å². The molecule has 1 fully saturated rings. The Kier molecular flexibility index (Phi) is 3.03. The second kappa shape index (κ2) is 3.68. The fourth-order valence-electron chi connectivity index (χ4n) is 1.20. The number of aliphatic hydroxyl groups is 4. The summed E-state index contributed by atoms with van der Waals surface area (Å²) in [6.07, 6.45) is -5.11. The van der Waals surface area contributed by atoms with Crippen LogP contribution in [0.2, 0.25) is 0 Å². The third-order valence-corrected chi connectivity index (χ3v) is 2.02. The van der Waals surface area contributed by atoms with Crippen LogP contribution in [0.3, 0.4) is 0 Å². The lowest BCUT2D eigenvalue weighted by atomic mass is 10.0. The van der Waals surface area contributed by atoms with Crippen LogP contribution in [-0.4, -0.2) is 57.6 Å². The molecule has 0 amide bonds. The Morgan fingerprint density at radius 1 is 1.33 bits per heavy atom. The van der Waals surface area contributed by atoms with E-state index in [9.17, 15) is 10.2 Å². The molecule has 4 N–H and O–H groups in total. The molecule has 1 aliphatic rings. The highest BCUT2D eigenvalue weighted by atomic mass is 16.5. The second-order valence-electron chi connectivity index (χ2n) is 3.09. The van der Waals surface area contributed by atoms with Gasteiger partial charge >= 0.3 is 0 Å². The zero-order chi connectivity index (χ0) is 9.30. The van der Waals surface area contributed by atoms with Gasteiger partial charge in [0.1, 0.15) is 24.4 Å². The highest BCUT2D eigenvalue weighted by Crippen LogP contribution is 2.19. The lowest BCUT2D eigenvalue weighted by molar-refractivity contribution is -0.0931. The normalized spacial score (nSPS) is 41.2. The molecule has 1 rings (SSSR count). The van der Waals surface area contributed by atoms with E-state index in [2.05, 4.69) is 0 Å². The van der Waals surface area contributed by atoms with Crippen LogP contribution in [0.1, 0.15) is 6.92 Å². The van der Waals surface area contributed by atoms with Crippen molar-refractivity contribution in [3.05, 3.63) is 0 Å². The molecule has 5 heteroatoms. The Labute approximate surface area is 70.2 Å². The lowest BCUT2D eigenvalue weighted by Gasteiger charge is -2.22. The van der Waals surface area contributed by atoms with Crippen LogP contribution < -0.4 is 0 Å². The maximum Gasteiger partial charge on any atom is 0.114 e. The van der Waals surface area contributed by atoms with Gasteiger partial charge in [0, 0.05) is 0 Å². The fraction of sp³-hybridized carbons (Fsp3) is 1.00. The molecular weight excluding hydrogens is 164 g/mol. The van der Waals surface area contributed by atoms with E-state index in [1.54, 1.807) is 0 Å². The maximum atomic E-state index is 9.27. The molecular formula is C7H14O5. The van der Waals surface area contributed by atoms with Crippen molar-refractivity contribution in [3.63, 3.8) is 0 Å². The van der Waals surface area contributed by atoms with Gasteiger partial charge in [0.05, 0.1) is 12.7 Å². The summed E-state index contributed by atoms with van der Waals surface area (Å²) in [6, 6.07) is 0. The van der Waals surface area contributed by atoms with Gasteiger partial charge in [-0.05, 0) is 6.92 Å². The highest BCUT2D eigenvalue weighted by Gasteiger charge is 2.40. The Bertz CT molecular complexity index is 149. The molecule has 5 atom stereocenters. The Morgan fingerprint density at radius 3 is 2.25 bits per heavy atom. The SMILES string of the molecule is CC(O)C(O)C1OCC(O)C1O. The molecule has 12 heavy (non-hydrogen) atoms. The van der Waals surface area contributed by atoms with Gasteiger partial charge in [-0.1, -0.05) is 0 Å². The van der Waals surface area contributed by atoms with E-state index in [0.717, 1.165) is 0 Å². The minimum absolute atomic E-state index is 0.00435. The summed E-state index contributed by atoms with van der Waals surface area (Å²) in [5, 5.41) is 36.5. The quantitative estimate of drug-likeness (QED) is 0.387. The highest BCUT2D eigenvalue weighted by molar-refractivity contribution is 4.89. The zero-order valence-electron chi connectivity index (χ0n) is 6.79. The monoisotopic (exact) mass is 178 g/mol. The minimum Gasteiger partial charge on any atom is -0.391 e. The number of aliphatic hydroxyl groups excluding tert-OH is 4. The summed E-state index contributed by atoms with van der Waals surface area (Å²) in [6.45, 7) is 1.39. The summed E-state index contributed by atoms with van der Waals surface area (Å²) < 4.78 is 4.89. The van der Waals surface area contributed by atoms with E-state index in [-0.39, 0.29) is 6.61 Å². The number of rotatable bonds is 2. The first kappa shape index (κ1) is 9.88. The summed E-state index contributed by atoms with van der Waals surface area (Å²) in [4.78, 5) is 0. The van der Waals surface area contributed by atoms with E-state index < -0.39 is 30.5 Å². The Hall–Kier alpha value is -0.200. The molecule has 1 saturated heterocycles. The molecule has 0 saturated carbocycles. The van der Waals surface area contributed by atoms with Gasteiger partial charge in [0.25, 0.3) is 0 Å². The number of hydrogen-bond acceptors (Lipinski definition) is 5. The number of hydrogen-bond donors (Lipinski definition) is 4. The van der Waals surface area contributed by atoms with E-state index in [0.29, 0.717) is 0 Å². The molecule has 0 aliphatic carbocycles. The first-order valence-corrected chi connectivity index (χ1v) is 3.88. The molecule has 0 aromatic heterocycles. The molecule has 0 radical (unpaired) electrons. The summed E-state index contributed by atoms with van der Waals surface area (Å²) in [5.41, 5.74) is 0. The molecule has 5 unspecified atom stereocenters. The van der Waals surface area contributed by atoms with Crippen LogP contribution in [0.25, 0.3) is 0 Å². The van der Waals surface area contributed by atoms with Crippen molar-refractivity contribution in [1.82, 2.24) is 0 Å². The van der Waals surface area contributed by atoms with Crippen molar-refractivity contribution >= 4 is 0 Å². The molecule has 72 valence electrons. The molecule has 0 spiro atoms. The van der Waals surface area contributed by atoms with Gasteiger partial charge in [0.15, 0.2) is 0 Å². The van der Waals surface area contributed by atoms with Crippen molar-refractivity contribution in [1.29, 1.82) is 0 Å². The van der Waals surface area contributed by atoms with Crippen LogP contribution in [0, 0.1) is 0 Å². The average molecular weight is 178 g/mol. The van der Waals surface area contributed by atoms with Crippen LogP contribution in [0.5, 0.6) is 0 Å². The lowest BCUT2D eigenvalue weighted by Crippen LogP contribution is -2.43. The van der Waals surface area contributed by atoms with Crippen molar-refractivity contribution in [2.75, 3.05) is 6.61 Å². The van der Waals surface area contributed by atoms with Crippen molar-refractivity contribution in [3.8, 4) is 0 Å². The van der Waals surface area contributed by atoms with Crippen molar-refractivity contribution < 1.29 is 25.2 Å². The predicted molar refractivity (Wildman–Crippen MR) is 39.4 cm³/mol. The fourth-order valence-corrected chi connectivity index (χ4v) is 1.20. The topological polar surface area (TPSA) is 90.2 Å². The van der Waals surface area contributed by atoms with Crippen LogP contribution in [0.15, 0.2) is 0 Å². The van der Waals surface area contributed by atoms with Gasteiger partial charge in [-0.3, -0.25) is 0 Å². The second-order valence-corrected chi connectivity index (χ2v) is 3.09. The molecule has 0 bridgehead atoms. The van der Waals surface area contributed by atoms with Crippen LogP contribution in [0.4, 0.5) is 0 Å². The smallest absolute Gasteiger partial charge is 0.114 e. The van der Waals surface area contributed by atoms with E-state index in [1.165, 1.54) is 6.92 Å². The summed E-state index contributed by atoms with van der Waals surface area (Å²) in [7, 11) is 0. The third-order valence-electron chi connectivity index (χ3n) is 2.02. The van der Waals surface area contributed by atoms with Crippen LogP contribution in [-0.2, 0) is 4.74 Å². The molecule has 1 aliphatic heterocycles. The van der Waals surface area contributed by atoms with Crippen molar-refractivity contribution in [2.24, 2.45) is 0 Å². The van der Waals surface area contributed by atoms with E-state index in [1.807, 2.05) is 0 Å². The third kappa shape index (κ3) is 1.75. The first-order valence-electron chi connectivity index (χ1n) is 3.88. The molecule has 5 nitrogen and oxygen atoms in total. The molecule has 0 aromatic rings. The van der Waals surface area contributed by atoms with Gasteiger partial charge in [-0.2, -0.15) is 0 Å². The van der Waals surface area contributed by atoms with Gasteiger partial charge < -0.3 is 25.2 Å².